The third-order valence-corrected chi connectivity index (χ3v) is 2.04. The fraction of sp³-hybridized carbons (Fsp3) is 0.333. The molecule has 0 saturated heterocycles. The molecule has 0 atom stereocenters. The summed E-state index contributed by atoms with van der Waals surface area (Å²) in [5.74, 6) is 0.827. The third-order valence-electron chi connectivity index (χ3n) is 1.51. The van der Waals surface area contributed by atoms with Crippen molar-refractivity contribution in [3.8, 4) is 5.40 Å². The Kier molecular flexibility index (Phi) is 2.87. The summed E-state index contributed by atoms with van der Waals surface area (Å²) in [5, 5.41) is 20.5. The maximum Gasteiger partial charge on any atom is 0.342 e. The molecule has 0 saturated carbocycles. The Bertz CT molecular complexity index is 367. The molecule has 1 rings (SSSR count). The van der Waals surface area contributed by atoms with E-state index in [0.717, 1.165) is 11.8 Å². The van der Waals surface area contributed by atoms with Gasteiger partial charge in [-0.15, -0.1) is 0 Å². The summed E-state index contributed by atoms with van der Waals surface area (Å²) in [5.41, 5.74) is 0. The molecule has 0 unspecified atom stereocenters. The number of hydrogen-bond donors (Lipinski definition) is 0. The highest BCUT2D eigenvalue weighted by Gasteiger charge is 2.15. The van der Waals surface area contributed by atoms with Crippen molar-refractivity contribution in [2.45, 2.75) is 5.75 Å². The predicted molar refractivity (Wildman–Crippen MR) is 46.8 cm³/mol. The van der Waals surface area contributed by atoms with Gasteiger partial charge in [-0.2, -0.15) is 5.26 Å². The normalized spacial score (nSPS) is 9.54. The van der Waals surface area contributed by atoms with E-state index < -0.39 is 4.92 Å². The molecule has 1 aromatic rings. The topological polar surface area (TPSA) is 84.8 Å². The summed E-state index contributed by atoms with van der Waals surface area (Å²) < 4.78 is 1.37. The predicted octanol–water partition coefficient (Wildman–Crippen LogP) is 1.04. The Morgan fingerprint density at radius 1 is 1.92 bits per heavy atom. The number of aromatic nitrogens is 2. The van der Waals surface area contributed by atoms with E-state index in [2.05, 4.69) is 4.98 Å². The first-order valence-electron chi connectivity index (χ1n) is 3.32. The molecule has 0 spiro atoms. The standard InChI is InChI=1S/C6H6N4O2S/c1-9-5(3-13-4-7)8-2-6(9)10(11)12/h2H,3H2,1H3. The lowest BCUT2D eigenvalue weighted by Crippen LogP contribution is -2.00. The largest absolute Gasteiger partial charge is 0.358 e. The monoisotopic (exact) mass is 198 g/mol. The van der Waals surface area contributed by atoms with Crippen molar-refractivity contribution in [1.29, 1.82) is 5.26 Å². The van der Waals surface area contributed by atoms with Gasteiger partial charge in [0.2, 0.25) is 5.82 Å². The average Bonchev–Trinajstić information content (AvgIpc) is 2.43. The number of nitro groups is 1. The highest BCUT2D eigenvalue weighted by molar-refractivity contribution is 8.02. The number of rotatable bonds is 3. The second-order valence-corrected chi connectivity index (χ2v) is 2.99. The Morgan fingerprint density at radius 3 is 3.08 bits per heavy atom. The molecule has 7 heteroatoms. The van der Waals surface area contributed by atoms with Crippen molar-refractivity contribution in [2.24, 2.45) is 7.05 Å². The van der Waals surface area contributed by atoms with Gasteiger partial charge in [0.15, 0.2) is 0 Å². The second kappa shape index (κ2) is 3.91. The summed E-state index contributed by atoms with van der Waals surface area (Å²) in [7, 11) is 1.55. The lowest BCUT2D eigenvalue weighted by molar-refractivity contribution is -0.391. The second-order valence-electron chi connectivity index (χ2n) is 2.23. The summed E-state index contributed by atoms with van der Waals surface area (Å²) in [4.78, 5) is 13.7. The van der Waals surface area contributed by atoms with Gasteiger partial charge >= 0.3 is 5.82 Å². The van der Waals surface area contributed by atoms with Crippen LogP contribution in [0.1, 0.15) is 5.82 Å². The fourth-order valence-corrected chi connectivity index (χ4v) is 1.30. The summed E-state index contributed by atoms with van der Waals surface area (Å²) in [6.45, 7) is 0. The SMILES string of the molecule is Cn1c([N+](=O)[O-])cnc1CSC#N. The van der Waals surface area contributed by atoms with E-state index in [1.807, 2.05) is 5.40 Å². The lowest BCUT2D eigenvalue weighted by Gasteiger charge is -1.94. The molecule has 6 nitrogen and oxygen atoms in total. The first-order chi connectivity index (χ1) is 6.16. The van der Waals surface area contributed by atoms with Crippen molar-refractivity contribution in [3.63, 3.8) is 0 Å². The highest BCUT2D eigenvalue weighted by Crippen LogP contribution is 2.15. The van der Waals surface area contributed by atoms with Crippen LogP contribution in [0.5, 0.6) is 0 Å². The minimum Gasteiger partial charge on any atom is -0.358 e. The van der Waals surface area contributed by atoms with Crippen LogP contribution in [-0.2, 0) is 12.8 Å². The van der Waals surface area contributed by atoms with Crippen LogP contribution in [0.3, 0.4) is 0 Å². The van der Waals surface area contributed by atoms with Gasteiger partial charge < -0.3 is 10.1 Å². The molecule has 13 heavy (non-hydrogen) atoms. The molecule has 0 bridgehead atoms. The van der Waals surface area contributed by atoms with E-state index >= 15 is 0 Å². The minimum atomic E-state index is -0.506. The molecule has 1 heterocycles. The zero-order valence-electron chi connectivity index (χ0n) is 6.80. The van der Waals surface area contributed by atoms with E-state index in [0.29, 0.717) is 11.6 Å². The highest BCUT2D eigenvalue weighted by atomic mass is 32.2. The van der Waals surface area contributed by atoms with Gasteiger partial charge in [0, 0.05) is 0 Å². The third kappa shape index (κ3) is 1.97. The van der Waals surface area contributed by atoms with Crippen LogP contribution in [0.4, 0.5) is 5.82 Å². The summed E-state index contributed by atoms with van der Waals surface area (Å²) >= 11 is 1.00. The zero-order chi connectivity index (χ0) is 9.84. The van der Waals surface area contributed by atoms with Crippen LogP contribution in [0.2, 0.25) is 0 Å². The van der Waals surface area contributed by atoms with Crippen LogP contribution in [0.25, 0.3) is 0 Å². The Morgan fingerprint density at radius 2 is 2.62 bits per heavy atom. The van der Waals surface area contributed by atoms with Crippen molar-refractivity contribution in [1.82, 2.24) is 9.55 Å². The Labute approximate surface area is 78.3 Å². The minimum absolute atomic E-state index is 0.0615. The van der Waals surface area contributed by atoms with Crippen LogP contribution >= 0.6 is 11.8 Å². The van der Waals surface area contributed by atoms with E-state index in [1.54, 1.807) is 7.05 Å². The molecule has 0 aliphatic rings. The molecule has 0 aromatic carbocycles. The summed E-state index contributed by atoms with van der Waals surface area (Å²) in [6.07, 6.45) is 1.19. The molecule has 0 fully saturated rings. The molecule has 68 valence electrons. The molecule has 0 radical (unpaired) electrons. The first kappa shape index (κ1) is 9.54. The van der Waals surface area contributed by atoms with Gasteiger partial charge in [0.05, 0.1) is 12.8 Å². The van der Waals surface area contributed by atoms with Crippen molar-refractivity contribution in [2.75, 3.05) is 0 Å². The van der Waals surface area contributed by atoms with Crippen LogP contribution in [0.15, 0.2) is 6.20 Å². The van der Waals surface area contributed by atoms with Crippen LogP contribution in [0, 0.1) is 20.8 Å². The number of imidazole rings is 1. The smallest absolute Gasteiger partial charge is 0.342 e. The van der Waals surface area contributed by atoms with Gasteiger partial charge in [-0.3, -0.25) is 0 Å². The van der Waals surface area contributed by atoms with E-state index in [9.17, 15) is 10.1 Å². The number of hydrogen-bond acceptors (Lipinski definition) is 5. The maximum absolute atomic E-state index is 10.4. The molecule has 0 N–H and O–H groups in total. The molecule has 0 aliphatic heterocycles. The van der Waals surface area contributed by atoms with Gasteiger partial charge in [-0.1, -0.05) is 0 Å². The number of thioether (sulfide) groups is 1. The van der Waals surface area contributed by atoms with Crippen LogP contribution in [-0.4, -0.2) is 14.5 Å². The Balaban J connectivity index is 2.88. The quantitative estimate of drug-likeness (QED) is 0.411. The molecule has 0 amide bonds. The number of nitrogens with zero attached hydrogens (tertiary/aromatic N) is 4. The van der Waals surface area contributed by atoms with E-state index in [4.69, 9.17) is 5.26 Å². The van der Waals surface area contributed by atoms with E-state index in [1.165, 1.54) is 10.8 Å². The van der Waals surface area contributed by atoms with Gasteiger partial charge in [-0.25, -0.2) is 9.55 Å². The first-order valence-corrected chi connectivity index (χ1v) is 4.31. The van der Waals surface area contributed by atoms with Gasteiger partial charge in [-0.05, 0) is 16.7 Å². The molecular formula is C6H6N4O2S. The zero-order valence-corrected chi connectivity index (χ0v) is 7.61. The molecule has 0 aliphatic carbocycles. The fourth-order valence-electron chi connectivity index (χ4n) is 0.838. The van der Waals surface area contributed by atoms with Gasteiger partial charge in [0.1, 0.15) is 11.6 Å². The van der Waals surface area contributed by atoms with Gasteiger partial charge in [0.25, 0.3) is 0 Å². The van der Waals surface area contributed by atoms with E-state index in [-0.39, 0.29) is 5.82 Å². The van der Waals surface area contributed by atoms with Crippen molar-refractivity contribution < 1.29 is 4.92 Å². The number of nitriles is 1. The molecular weight excluding hydrogens is 192 g/mol. The van der Waals surface area contributed by atoms with Crippen molar-refractivity contribution >= 4 is 17.6 Å². The van der Waals surface area contributed by atoms with Crippen molar-refractivity contribution in [3.05, 3.63) is 22.1 Å². The van der Waals surface area contributed by atoms with Crippen LogP contribution < -0.4 is 0 Å². The lowest BCUT2D eigenvalue weighted by atomic mass is 10.7. The summed E-state index contributed by atoms with van der Waals surface area (Å²) in [6, 6.07) is 0. The maximum atomic E-state index is 10.4. The number of thiocyanates is 1. The molecule has 1 aromatic heterocycles. The Hall–Kier alpha value is -1.55. The average molecular weight is 198 g/mol.